The van der Waals surface area contributed by atoms with Crippen molar-refractivity contribution >= 4 is 17.4 Å². The third-order valence-electron chi connectivity index (χ3n) is 2.39. The van der Waals surface area contributed by atoms with Crippen LogP contribution in [0.5, 0.6) is 0 Å². The Balaban J connectivity index is 1.98. The Labute approximate surface area is 104 Å². The molecular formula is C12H13N3OS. The van der Waals surface area contributed by atoms with Crippen molar-refractivity contribution in [2.45, 2.75) is 19.9 Å². The number of carbonyl (C=O) groups is 1. The Morgan fingerprint density at radius 2 is 2.12 bits per heavy atom. The van der Waals surface area contributed by atoms with Gasteiger partial charge < -0.3 is 5.32 Å². The summed E-state index contributed by atoms with van der Waals surface area (Å²) in [4.78, 5) is 12.5. The molecule has 1 heterocycles. The van der Waals surface area contributed by atoms with E-state index in [0.717, 1.165) is 29.2 Å². The molecule has 1 amide bonds. The first-order valence-corrected chi connectivity index (χ1v) is 6.22. The lowest BCUT2D eigenvalue weighted by Crippen LogP contribution is -2.22. The number of rotatable bonds is 4. The first-order valence-electron chi connectivity index (χ1n) is 5.44. The van der Waals surface area contributed by atoms with Gasteiger partial charge in [-0.2, -0.15) is 0 Å². The van der Waals surface area contributed by atoms with E-state index in [4.69, 9.17) is 0 Å². The fourth-order valence-electron chi connectivity index (χ4n) is 1.47. The van der Waals surface area contributed by atoms with Gasteiger partial charge in [0.05, 0.1) is 5.69 Å². The fraction of sp³-hybridized carbons (Fsp3) is 0.250. The molecule has 0 saturated heterocycles. The monoisotopic (exact) mass is 247 g/mol. The predicted octanol–water partition coefficient (Wildman–Crippen LogP) is 2.03. The average molecular weight is 247 g/mol. The predicted molar refractivity (Wildman–Crippen MR) is 66.9 cm³/mol. The molecule has 88 valence electrons. The second-order valence-corrected chi connectivity index (χ2v) is 4.32. The van der Waals surface area contributed by atoms with E-state index in [1.54, 1.807) is 0 Å². The molecule has 0 spiro atoms. The minimum atomic E-state index is -0.0966. The fourth-order valence-corrected chi connectivity index (χ4v) is 2.14. The Morgan fingerprint density at radius 1 is 1.35 bits per heavy atom. The molecule has 5 heteroatoms. The molecule has 2 aromatic rings. The second-order valence-electron chi connectivity index (χ2n) is 3.57. The van der Waals surface area contributed by atoms with E-state index >= 15 is 0 Å². The summed E-state index contributed by atoms with van der Waals surface area (Å²) in [6, 6.07) is 9.81. The molecular weight excluding hydrogens is 234 g/mol. The van der Waals surface area contributed by atoms with Crippen LogP contribution < -0.4 is 5.32 Å². The van der Waals surface area contributed by atoms with E-state index in [0.29, 0.717) is 11.4 Å². The van der Waals surface area contributed by atoms with Crippen molar-refractivity contribution < 1.29 is 4.79 Å². The molecule has 0 aliphatic rings. The van der Waals surface area contributed by atoms with Gasteiger partial charge in [0.2, 0.25) is 0 Å². The number of nitrogens with zero attached hydrogens (tertiary/aromatic N) is 2. The van der Waals surface area contributed by atoms with Gasteiger partial charge in [0.1, 0.15) is 4.88 Å². The Bertz CT molecular complexity index is 495. The molecule has 0 aliphatic heterocycles. The number of nitrogens with one attached hydrogen (secondary N) is 1. The van der Waals surface area contributed by atoms with Gasteiger partial charge in [-0.05, 0) is 23.5 Å². The number of hydrogen-bond acceptors (Lipinski definition) is 4. The molecule has 0 radical (unpaired) electrons. The zero-order valence-electron chi connectivity index (χ0n) is 9.51. The van der Waals surface area contributed by atoms with Crippen molar-refractivity contribution in [2.24, 2.45) is 0 Å². The topological polar surface area (TPSA) is 54.9 Å². The van der Waals surface area contributed by atoms with Crippen molar-refractivity contribution in [2.75, 3.05) is 0 Å². The highest BCUT2D eigenvalue weighted by Crippen LogP contribution is 2.11. The van der Waals surface area contributed by atoms with Crippen LogP contribution in [-0.4, -0.2) is 15.5 Å². The quantitative estimate of drug-likeness (QED) is 0.899. The number of benzene rings is 1. The van der Waals surface area contributed by atoms with Crippen molar-refractivity contribution in [3.8, 4) is 0 Å². The summed E-state index contributed by atoms with van der Waals surface area (Å²) in [6.45, 7) is 2.49. The van der Waals surface area contributed by atoms with E-state index in [1.807, 2.05) is 37.3 Å². The highest BCUT2D eigenvalue weighted by atomic mass is 32.1. The van der Waals surface area contributed by atoms with Crippen LogP contribution in [-0.2, 0) is 13.0 Å². The van der Waals surface area contributed by atoms with Crippen molar-refractivity contribution in [1.82, 2.24) is 14.9 Å². The first kappa shape index (κ1) is 11.7. The SMILES string of the molecule is CCc1nnsc1C(=O)NCc1ccccc1. The lowest BCUT2D eigenvalue weighted by atomic mass is 10.2. The third kappa shape index (κ3) is 2.88. The van der Waals surface area contributed by atoms with Crippen LogP contribution in [0.2, 0.25) is 0 Å². The van der Waals surface area contributed by atoms with Gasteiger partial charge in [-0.3, -0.25) is 4.79 Å². The summed E-state index contributed by atoms with van der Waals surface area (Å²) in [5.41, 5.74) is 1.84. The summed E-state index contributed by atoms with van der Waals surface area (Å²) in [5.74, 6) is -0.0966. The molecule has 4 nitrogen and oxygen atoms in total. The molecule has 0 fully saturated rings. The van der Waals surface area contributed by atoms with Crippen molar-refractivity contribution in [1.29, 1.82) is 0 Å². The molecule has 1 aromatic carbocycles. The summed E-state index contributed by atoms with van der Waals surface area (Å²) in [6.07, 6.45) is 0.727. The number of amides is 1. The largest absolute Gasteiger partial charge is 0.347 e. The van der Waals surface area contributed by atoms with Crippen LogP contribution in [0.1, 0.15) is 27.9 Å². The normalized spacial score (nSPS) is 10.2. The zero-order chi connectivity index (χ0) is 12.1. The number of carbonyl (C=O) groups excluding carboxylic acids is 1. The van der Waals surface area contributed by atoms with Crippen LogP contribution in [0.15, 0.2) is 30.3 Å². The number of aryl methyl sites for hydroxylation is 1. The van der Waals surface area contributed by atoms with Crippen LogP contribution in [0.3, 0.4) is 0 Å². The lowest BCUT2D eigenvalue weighted by Gasteiger charge is -2.03. The minimum absolute atomic E-state index is 0.0966. The smallest absolute Gasteiger partial charge is 0.265 e. The number of aromatic nitrogens is 2. The third-order valence-corrected chi connectivity index (χ3v) is 3.16. The van der Waals surface area contributed by atoms with Crippen molar-refractivity contribution in [3.63, 3.8) is 0 Å². The highest BCUT2D eigenvalue weighted by Gasteiger charge is 2.14. The van der Waals surface area contributed by atoms with Crippen LogP contribution in [0, 0.1) is 0 Å². The maximum Gasteiger partial charge on any atom is 0.265 e. The summed E-state index contributed by atoms with van der Waals surface area (Å²) in [7, 11) is 0. The average Bonchev–Trinajstić information content (AvgIpc) is 2.85. The summed E-state index contributed by atoms with van der Waals surface area (Å²) in [5, 5.41) is 6.79. The Morgan fingerprint density at radius 3 is 2.82 bits per heavy atom. The zero-order valence-corrected chi connectivity index (χ0v) is 10.3. The standard InChI is InChI=1S/C12H13N3OS/c1-2-10-11(17-15-14-10)12(16)13-8-9-6-4-3-5-7-9/h3-7H,2,8H2,1H3,(H,13,16). The van der Waals surface area contributed by atoms with Gasteiger partial charge in [0, 0.05) is 6.54 Å². The van der Waals surface area contributed by atoms with Crippen LogP contribution in [0.25, 0.3) is 0 Å². The Hall–Kier alpha value is -1.75. The molecule has 2 rings (SSSR count). The molecule has 17 heavy (non-hydrogen) atoms. The highest BCUT2D eigenvalue weighted by molar-refractivity contribution is 7.08. The Kier molecular flexibility index (Phi) is 3.82. The van der Waals surface area contributed by atoms with Gasteiger partial charge >= 0.3 is 0 Å². The maximum atomic E-state index is 11.9. The van der Waals surface area contributed by atoms with Crippen LogP contribution >= 0.6 is 11.5 Å². The first-order chi connectivity index (χ1) is 8.31. The summed E-state index contributed by atoms with van der Waals surface area (Å²) >= 11 is 1.14. The van der Waals surface area contributed by atoms with E-state index < -0.39 is 0 Å². The molecule has 0 atom stereocenters. The van der Waals surface area contributed by atoms with Crippen LogP contribution in [0.4, 0.5) is 0 Å². The number of hydrogen-bond donors (Lipinski definition) is 1. The molecule has 0 saturated carbocycles. The minimum Gasteiger partial charge on any atom is -0.347 e. The van der Waals surface area contributed by atoms with E-state index in [1.165, 1.54) is 0 Å². The summed E-state index contributed by atoms with van der Waals surface area (Å²) < 4.78 is 3.80. The van der Waals surface area contributed by atoms with E-state index in [-0.39, 0.29) is 5.91 Å². The molecule has 0 aliphatic carbocycles. The van der Waals surface area contributed by atoms with Gasteiger partial charge in [-0.1, -0.05) is 41.7 Å². The molecule has 1 N–H and O–H groups in total. The van der Waals surface area contributed by atoms with Gasteiger partial charge in [0.15, 0.2) is 0 Å². The second kappa shape index (κ2) is 5.54. The van der Waals surface area contributed by atoms with E-state index in [2.05, 4.69) is 14.9 Å². The lowest BCUT2D eigenvalue weighted by molar-refractivity contribution is 0.0954. The molecule has 0 bridgehead atoms. The van der Waals surface area contributed by atoms with Gasteiger partial charge in [0.25, 0.3) is 5.91 Å². The van der Waals surface area contributed by atoms with Gasteiger partial charge in [-0.25, -0.2) is 0 Å². The van der Waals surface area contributed by atoms with E-state index in [9.17, 15) is 4.79 Å². The maximum absolute atomic E-state index is 11.9. The van der Waals surface area contributed by atoms with Crippen molar-refractivity contribution in [3.05, 3.63) is 46.5 Å². The molecule has 1 aromatic heterocycles. The van der Waals surface area contributed by atoms with Gasteiger partial charge in [-0.15, -0.1) is 5.10 Å². The molecule has 0 unspecified atom stereocenters.